The molecule has 2 N–H and O–H groups in total. The van der Waals surface area contributed by atoms with Crippen LogP contribution in [0, 0.1) is 24.1 Å². The van der Waals surface area contributed by atoms with Gasteiger partial charge in [0.05, 0.1) is 11.6 Å². The van der Waals surface area contributed by atoms with Crippen molar-refractivity contribution in [3.05, 3.63) is 77.5 Å². The van der Waals surface area contributed by atoms with Crippen molar-refractivity contribution in [1.82, 2.24) is 9.97 Å². The maximum Gasteiger partial charge on any atom is 0.274 e. The number of aromatic nitrogens is 2. The average molecular weight is 347 g/mol. The maximum atomic E-state index is 13.0. The first-order valence-corrected chi connectivity index (χ1v) is 7.73. The monoisotopic (exact) mass is 347 g/mol. The van der Waals surface area contributed by atoms with E-state index in [1.165, 1.54) is 18.2 Å². The van der Waals surface area contributed by atoms with Crippen molar-refractivity contribution in [3.63, 3.8) is 0 Å². The Hall–Kier alpha value is -3.79. The van der Waals surface area contributed by atoms with Crippen LogP contribution in [0.15, 0.2) is 54.6 Å². The lowest BCUT2D eigenvalue weighted by molar-refractivity contribution is 0.102. The molecule has 0 saturated heterocycles. The highest BCUT2D eigenvalue weighted by Crippen LogP contribution is 2.17. The molecule has 6 nitrogen and oxygen atoms in total. The number of anilines is 3. The second-order valence-corrected chi connectivity index (χ2v) is 5.46. The van der Waals surface area contributed by atoms with Crippen molar-refractivity contribution >= 4 is 23.1 Å². The predicted molar refractivity (Wildman–Crippen MR) is 95.6 cm³/mol. The topological polar surface area (TPSA) is 90.7 Å². The molecule has 7 heteroatoms. The fourth-order valence-electron chi connectivity index (χ4n) is 2.29. The first kappa shape index (κ1) is 17.0. The Morgan fingerprint density at radius 2 is 1.85 bits per heavy atom. The molecule has 128 valence electrons. The zero-order chi connectivity index (χ0) is 18.5. The molecule has 2 aromatic carbocycles. The molecule has 0 aliphatic rings. The fraction of sp³-hybridized carbons (Fsp3) is 0.0526. The lowest BCUT2D eigenvalue weighted by Gasteiger charge is -2.09. The number of rotatable bonds is 4. The molecule has 0 bridgehead atoms. The predicted octanol–water partition coefficient (Wildman–Crippen LogP) is 3.79. The molecule has 1 aromatic heterocycles. The van der Waals surface area contributed by atoms with Gasteiger partial charge in [-0.15, -0.1) is 0 Å². The van der Waals surface area contributed by atoms with Crippen LogP contribution < -0.4 is 10.6 Å². The number of hydrogen-bond donors (Lipinski definition) is 2. The van der Waals surface area contributed by atoms with Gasteiger partial charge >= 0.3 is 0 Å². The minimum absolute atomic E-state index is 0.171. The highest BCUT2D eigenvalue weighted by atomic mass is 19.1. The number of hydrogen-bond acceptors (Lipinski definition) is 5. The van der Waals surface area contributed by atoms with Crippen LogP contribution in [-0.4, -0.2) is 15.9 Å². The number of nitrogens with one attached hydrogen (secondary N) is 2. The number of aryl methyl sites for hydroxylation is 1. The van der Waals surface area contributed by atoms with Gasteiger partial charge in [0.15, 0.2) is 0 Å². The van der Waals surface area contributed by atoms with Gasteiger partial charge in [0.25, 0.3) is 5.91 Å². The Kier molecular flexibility index (Phi) is 4.85. The van der Waals surface area contributed by atoms with E-state index >= 15 is 0 Å². The average Bonchev–Trinajstić information content (AvgIpc) is 2.63. The summed E-state index contributed by atoms with van der Waals surface area (Å²) in [6.45, 7) is 1.67. The van der Waals surface area contributed by atoms with E-state index < -0.39 is 5.91 Å². The van der Waals surface area contributed by atoms with Crippen molar-refractivity contribution in [3.8, 4) is 6.07 Å². The third-order valence-electron chi connectivity index (χ3n) is 3.44. The minimum atomic E-state index is -0.423. The molecule has 3 aromatic rings. The summed E-state index contributed by atoms with van der Waals surface area (Å²) in [5, 5.41) is 14.6. The second-order valence-electron chi connectivity index (χ2n) is 5.46. The molecule has 3 rings (SSSR count). The minimum Gasteiger partial charge on any atom is -0.340 e. The first-order chi connectivity index (χ1) is 12.5. The fourth-order valence-corrected chi connectivity index (χ4v) is 2.29. The Morgan fingerprint density at radius 3 is 2.58 bits per heavy atom. The van der Waals surface area contributed by atoms with Crippen molar-refractivity contribution in [2.24, 2.45) is 0 Å². The summed E-state index contributed by atoms with van der Waals surface area (Å²) < 4.78 is 13.0. The van der Waals surface area contributed by atoms with Crippen LogP contribution >= 0.6 is 0 Å². The largest absolute Gasteiger partial charge is 0.340 e. The molecular formula is C19H14FN5O. The van der Waals surface area contributed by atoms with Gasteiger partial charge in [-0.2, -0.15) is 5.26 Å². The van der Waals surface area contributed by atoms with E-state index in [-0.39, 0.29) is 11.5 Å². The zero-order valence-electron chi connectivity index (χ0n) is 13.8. The number of carbonyl (C=O) groups excluding carboxylic acids is 1. The highest BCUT2D eigenvalue weighted by molar-refractivity contribution is 6.03. The van der Waals surface area contributed by atoms with E-state index in [2.05, 4.69) is 20.6 Å². The Balaban J connectivity index is 1.81. The molecular weight excluding hydrogens is 333 g/mol. The highest BCUT2D eigenvalue weighted by Gasteiger charge is 2.11. The van der Waals surface area contributed by atoms with Gasteiger partial charge in [-0.25, -0.2) is 14.4 Å². The molecule has 0 radical (unpaired) electrons. The number of benzene rings is 2. The number of amides is 1. The number of nitriles is 1. The van der Waals surface area contributed by atoms with Crippen LogP contribution in [0.25, 0.3) is 0 Å². The van der Waals surface area contributed by atoms with Gasteiger partial charge in [-0.1, -0.05) is 6.07 Å². The van der Waals surface area contributed by atoms with Crippen LogP contribution in [0.5, 0.6) is 0 Å². The van der Waals surface area contributed by atoms with Crippen LogP contribution in [-0.2, 0) is 0 Å². The Labute approximate surface area is 149 Å². The summed E-state index contributed by atoms with van der Waals surface area (Å²) in [6, 6.07) is 15.9. The quantitative estimate of drug-likeness (QED) is 0.749. The molecule has 0 spiro atoms. The summed E-state index contributed by atoms with van der Waals surface area (Å²) in [6.07, 6.45) is 0. The van der Waals surface area contributed by atoms with Gasteiger partial charge in [0.1, 0.15) is 23.2 Å². The third kappa shape index (κ3) is 4.19. The third-order valence-corrected chi connectivity index (χ3v) is 3.44. The summed E-state index contributed by atoms with van der Waals surface area (Å²) >= 11 is 0. The Bertz CT molecular complexity index is 996. The van der Waals surface area contributed by atoms with E-state index in [1.807, 2.05) is 6.07 Å². The summed E-state index contributed by atoms with van der Waals surface area (Å²) in [7, 11) is 0. The van der Waals surface area contributed by atoms with Gasteiger partial charge in [-0.05, 0) is 49.4 Å². The summed E-state index contributed by atoms with van der Waals surface area (Å²) in [4.78, 5) is 20.8. The smallest absolute Gasteiger partial charge is 0.274 e. The SMILES string of the molecule is Cc1nc(Nc2ccc(F)cc2)cc(C(=O)Nc2cccc(C#N)c2)n1. The summed E-state index contributed by atoms with van der Waals surface area (Å²) in [5.74, 6) is 0.0647. The standard InChI is InChI=1S/C19H14FN5O/c1-12-22-17(19(26)25-16-4-2-3-13(9-16)11-21)10-18(23-12)24-15-7-5-14(20)6-8-15/h2-10H,1H3,(H,25,26)(H,22,23,24). The van der Waals surface area contributed by atoms with E-state index in [4.69, 9.17) is 5.26 Å². The molecule has 0 unspecified atom stereocenters. The maximum absolute atomic E-state index is 13.0. The molecule has 0 saturated carbocycles. The van der Waals surface area contributed by atoms with E-state index in [0.29, 0.717) is 28.6 Å². The van der Waals surface area contributed by atoms with Crippen LogP contribution in [0.4, 0.5) is 21.6 Å². The van der Waals surface area contributed by atoms with E-state index in [9.17, 15) is 9.18 Å². The first-order valence-electron chi connectivity index (χ1n) is 7.73. The van der Waals surface area contributed by atoms with Crippen LogP contribution in [0.1, 0.15) is 21.9 Å². The normalized spacial score (nSPS) is 10.0. The van der Waals surface area contributed by atoms with E-state index in [0.717, 1.165) is 0 Å². The summed E-state index contributed by atoms with van der Waals surface area (Å²) in [5.41, 5.74) is 1.75. The molecule has 26 heavy (non-hydrogen) atoms. The molecule has 0 aliphatic carbocycles. The van der Waals surface area contributed by atoms with Gasteiger partial charge in [-0.3, -0.25) is 4.79 Å². The van der Waals surface area contributed by atoms with Gasteiger partial charge in [0, 0.05) is 17.4 Å². The van der Waals surface area contributed by atoms with Gasteiger partial charge < -0.3 is 10.6 Å². The number of carbonyl (C=O) groups is 1. The molecule has 1 heterocycles. The van der Waals surface area contributed by atoms with E-state index in [1.54, 1.807) is 43.3 Å². The van der Waals surface area contributed by atoms with Gasteiger partial charge in [0.2, 0.25) is 0 Å². The Morgan fingerprint density at radius 1 is 1.08 bits per heavy atom. The van der Waals surface area contributed by atoms with Crippen molar-refractivity contribution in [2.75, 3.05) is 10.6 Å². The number of nitrogens with zero attached hydrogens (tertiary/aromatic N) is 3. The van der Waals surface area contributed by atoms with Crippen molar-refractivity contribution in [2.45, 2.75) is 6.92 Å². The van der Waals surface area contributed by atoms with Crippen molar-refractivity contribution < 1.29 is 9.18 Å². The van der Waals surface area contributed by atoms with Crippen LogP contribution in [0.3, 0.4) is 0 Å². The molecule has 0 aliphatic heterocycles. The van der Waals surface area contributed by atoms with Crippen LogP contribution in [0.2, 0.25) is 0 Å². The lowest BCUT2D eigenvalue weighted by Crippen LogP contribution is -2.15. The molecule has 0 atom stereocenters. The zero-order valence-corrected chi connectivity index (χ0v) is 13.8. The van der Waals surface area contributed by atoms with Crippen molar-refractivity contribution in [1.29, 1.82) is 5.26 Å². The molecule has 0 fully saturated rings. The number of halogens is 1. The second kappa shape index (κ2) is 7.40. The lowest BCUT2D eigenvalue weighted by atomic mass is 10.2. The molecule has 1 amide bonds.